The van der Waals surface area contributed by atoms with Crippen LogP contribution in [0, 0.1) is 0 Å². The van der Waals surface area contributed by atoms with E-state index in [0.29, 0.717) is 5.88 Å². The lowest BCUT2D eigenvalue weighted by atomic mass is 9.88. The molecule has 0 heterocycles. The largest absolute Gasteiger partial charge is 0.488 e. The first-order valence-electron chi connectivity index (χ1n) is 10.0. The number of ether oxygens (including phenoxy) is 1. The lowest BCUT2D eigenvalue weighted by molar-refractivity contribution is 0.112. The van der Waals surface area contributed by atoms with Gasteiger partial charge in [-0.3, -0.25) is 0 Å². The van der Waals surface area contributed by atoms with Gasteiger partial charge < -0.3 is 9.84 Å². The van der Waals surface area contributed by atoms with E-state index < -0.39 is 0 Å². The van der Waals surface area contributed by atoms with Gasteiger partial charge in [-0.15, -0.1) is 11.6 Å². The first-order valence-corrected chi connectivity index (χ1v) is 10.6. The normalized spacial score (nSPS) is 12.9. The van der Waals surface area contributed by atoms with E-state index in [1.807, 2.05) is 31.2 Å². The van der Waals surface area contributed by atoms with Gasteiger partial charge in [0.2, 0.25) is 0 Å². The Morgan fingerprint density at radius 3 is 1.90 bits per heavy atom. The molecule has 3 aromatic carbocycles. The number of allylic oxidation sites excluding steroid dienone is 1. The Hall–Kier alpha value is -2.55. The smallest absolute Gasteiger partial charge is 0.121 e. The number of rotatable bonds is 9. The second-order valence-electron chi connectivity index (χ2n) is 6.88. The van der Waals surface area contributed by atoms with Gasteiger partial charge in [-0.1, -0.05) is 79.7 Å². The Labute approximate surface area is 178 Å². The molecule has 0 radical (unpaired) electrons. The third kappa shape index (κ3) is 5.50. The molecule has 0 bridgehead atoms. The highest BCUT2D eigenvalue weighted by Gasteiger charge is 2.14. The summed E-state index contributed by atoms with van der Waals surface area (Å²) >= 11 is 6.20. The summed E-state index contributed by atoms with van der Waals surface area (Å²) in [5.41, 5.74) is 5.86. The van der Waals surface area contributed by atoms with Crippen molar-refractivity contribution in [3.8, 4) is 5.75 Å². The van der Waals surface area contributed by atoms with Crippen molar-refractivity contribution in [3.05, 3.63) is 102 Å². The van der Waals surface area contributed by atoms with Crippen LogP contribution in [0.5, 0.6) is 5.75 Å². The van der Waals surface area contributed by atoms with Crippen LogP contribution < -0.4 is 4.74 Å². The van der Waals surface area contributed by atoms with Crippen LogP contribution in [0.15, 0.2) is 84.9 Å². The minimum atomic E-state index is -0.180. The SMILES string of the molecule is CCC(CO)Oc1ccc(C(=C(CCCl)c2ccccc2)c2ccccc2)cc1. The van der Waals surface area contributed by atoms with Crippen LogP contribution in [0.4, 0.5) is 0 Å². The summed E-state index contributed by atoms with van der Waals surface area (Å²) in [6.45, 7) is 2.02. The Balaban J connectivity index is 2.09. The predicted octanol–water partition coefficient (Wildman–Crippen LogP) is 6.42. The van der Waals surface area contributed by atoms with Gasteiger partial charge in [0.05, 0.1) is 6.61 Å². The minimum absolute atomic E-state index is 0.0152. The Bertz CT molecular complexity index is 898. The lowest BCUT2D eigenvalue weighted by Crippen LogP contribution is -2.19. The van der Waals surface area contributed by atoms with Gasteiger partial charge in [0, 0.05) is 5.88 Å². The topological polar surface area (TPSA) is 29.5 Å². The van der Waals surface area contributed by atoms with Gasteiger partial charge in [-0.25, -0.2) is 0 Å². The quantitative estimate of drug-likeness (QED) is 0.328. The van der Waals surface area contributed by atoms with Crippen LogP contribution >= 0.6 is 11.6 Å². The van der Waals surface area contributed by atoms with E-state index in [1.165, 1.54) is 16.7 Å². The molecule has 0 amide bonds. The number of hydrogen-bond acceptors (Lipinski definition) is 2. The zero-order valence-corrected chi connectivity index (χ0v) is 17.5. The second kappa shape index (κ2) is 10.8. The monoisotopic (exact) mass is 406 g/mol. The Kier molecular flexibility index (Phi) is 7.92. The first-order chi connectivity index (χ1) is 14.3. The molecule has 3 rings (SSSR count). The molecular weight excluding hydrogens is 380 g/mol. The molecule has 29 heavy (non-hydrogen) atoms. The molecule has 0 saturated carbocycles. The zero-order valence-electron chi connectivity index (χ0n) is 16.7. The zero-order chi connectivity index (χ0) is 20.5. The van der Waals surface area contributed by atoms with Crippen LogP contribution in [0.3, 0.4) is 0 Å². The molecule has 2 nitrogen and oxygen atoms in total. The number of halogens is 1. The maximum atomic E-state index is 9.39. The third-order valence-electron chi connectivity index (χ3n) is 4.94. The molecule has 3 heteroatoms. The summed E-state index contributed by atoms with van der Waals surface area (Å²) < 4.78 is 5.86. The predicted molar refractivity (Wildman–Crippen MR) is 122 cm³/mol. The fourth-order valence-electron chi connectivity index (χ4n) is 3.41. The maximum absolute atomic E-state index is 9.39. The van der Waals surface area contributed by atoms with Gasteiger partial charge in [0.1, 0.15) is 11.9 Å². The van der Waals surface area contributed by atoms with Gasteiger partial charge in [-0.2, -0.15) is 0 Å². The molecule has 0 aromatic heterocycles. The van der Waals surface area contributed by atoms with Crippen molar-refractivity contribution in [2.24, 2.45) is 0 Å². The molecule has 150 valence electrons. The Morgan fingerprint density at radius 2 is 1.38 bits per heavy atom. The maximum Gasteiger partial charge on any atom is 0.121 e. The lowest BCUT2D eigenvalue weighted by Gasteiger charge is -2.18. The van der Waals surface area contributed by atoms with Gasteiger partial charge in [0.25, 0.3) is 0 Å². The van der Waals surface area contributed by atoms with Crippen LogP contribution in [0.1, 0.15) is 36.5 Å². The van der Waals surface area contributed by atoms with E-state index in [1.54, 1.807) is 0 Å². The molecule has 1 unspecified atom stereocenters. The molecule has 0 saturated heterocycles. The van der Waals surface area contributed by atoms with Crippen molar-refractivity contribution in [1.82, 2.24) is 0 Å². The molecule has 0 aliphatic carbocycles. The molecule has 0 spiro atoms. The highest BCUT2D eigenvalue weighted by atomic mass is 35.5. The number of hydrogen-bond donors (Lipinski definition) is 1. The fourth-order valence-corrected chi connectivity index (χ4v) is 3.60. The number of alkyl halides is 1. The van der Waals surface area contributed by atoms with Gasteiger partial charge in [-0.05, 0) is 52.8 Å². The van der Waals surface area contributed by atoms with E-state index in [4.69, 9.17) is 16.3 Å². The highest BCUT2D eigenvalue weighted by molar-refractivity contribution is 6.18. The van der Waals surface area contributed by atoms with E-state index >= 15 is 0 Å². The highest BCUT2D eigenvalue weighted by Crippen LogP contribution is 2.35. The molecule has 0 fully saturated rings. The number of aliphatic hydroxyl groups is 1. The van der Waals surface area contributed by atoms with Crippen LogP contribution in [0.2, 0.25) is 0 Å². The number of benzene rings is 3. The van der Waals surface area contributed by atoms with E-state index in [0.717, 1.165) is 29.7 Å². The van der Waals surface area contributed by atoms with Crippen LogP contribution in [0.25, 0.3) is 11.1 Å². The fraction of sp³-hybridized carbons (Fsp3) is 0.231. The van der Waals surface area contributed by atoms with Crippen molar-refractivity contribution >= 4 is 22.7 Å². The average molecular weight is 407 g/mol. The van der Waals surface area contributed by atoms with Crippen LogP contribution in [-0.4, -0.2) is 23.7 Å². The summed E-state index contributed by atoms with van der Waals surface area (Å²) in [6, 6.07) is 28.9. The molecular formula is C26H27ClO2. The first kappa shape index (κ1) is 21.2. The summed E-state index contributed by atoms with van der Waals surface area (Å²) in [6.07, 6.45) is 1.36. The van der Waals surface area contributed by atoms with Gasteiger partial charge in [0.15, 0.2) is 0 Å². The summed E-state index contributed by atoms with van der Waals surface area (Å²) in [4.78, 5) is 0. The van der Waals surface area contributed by atoms with E-state index in [2.05, 4.69) is 60.7 Å². The van der Waals surface area contributed by atoms with Crippen molar-refractivity contribution in [3.63, 3.8) is 0 Å². The molecule has 1 N–H and O–H groups in total. The van der Waals surface area contributed by atoms with Gasteiger partial charge >= 0.3 is 0 Å². The third-order valence-corrected chi connectivity index (χ3v) is 5.12. The molecule has 3 aromatic rings. The summed E-state index contributed by atoms with van der Waals surface area (Å²) in [5.74, 6) is 1.32. The average Bonchev–Trinajstić information content (AvgIpc) is 2.79. The van der Waals surface area contributed by atoms with Crippen LogP contribution in [-0.2, 0) is 0 Å². The Morgan fingerprint density at radius 1 is 0.828 bits per heavy atom. The minimum Gasteiger partial charge on any atom is -0.488 e. The standard InChI is InChI=1S/C26H27ClO2/c1-2-23(19-28)29-24-15-13-22(14-16-24)26(21-11-7-4-8-12-21)25(17-18-27)20-9-5-3-6-10-20/h3-16,23,28H,2,17-19H2,1H3. The van der Waals surface area contributed by atoms with E-state index in [9.17, 15) is 5.11 Å². The molecule has 0 aliphatic rings. The van der Waals surface area contributed by atoms with Crippen molar-refractivity contribution in [2.75, 3.05) is 12.5 Å². The van der Waals surface area contributed by atoms with E-state index in [-0.39, 0.29) is 12.7 Å². The van der Waals surface area contributed by atoms with Crippen molar-refractivity contribution < 1.29 is 9.84 Å². The van der Waals surface area contributed by atoms with Crippen molar-refractivity contribution in [2.45, 2.75) is 25.9 Å². The summed E-state index contributed by atoms with van der Waals surface area (Å²) in [5, 5.41) is 9.39. The number of aliphatic hydroxyl groups excluding tert-OH is 1. The molecule has 0 aliphatic heterocycles. The summed E-state index contributed by atoms with van der Waals surface area (Å²) in [7, 11) is 0. The van der Waals surface area contributed by atoms with Crippen molar-refractivity contribution in [1.29, 1.82) is 0 Å². The molecule has 1 atom stereocenters. The second-order valence-corrected chi connectivity index (χ2v) is 7.26.